The third-order valence-corrected chi connectivity index (χ3v) is 0.729. The summed E-state index contributed by atoms with van der Waals surface area (Å²) in [6.07, 6.45) is -1.83. The number of hydroxylamine groups is 2. The number of aliphatic hydroxyl groups excluding tert-OH is 2. The van der Waals surface area contributed by atoms with E-state index in [2.05, 4.69) is 0 Å². The summed E-state index contributed by atoms with van der Waals surface area (Å²) in [6, 6.07) is 0. The first-order chi connectivity index (χ1) is 6.54. The molecule has 14 heavy (non-hydrogen) atoms. The second kappa shape index (κ2) is 12.1. The summed E-state index contributed by atoms with van der Waals surface area (Å²) < 4.78 is 0. The lowest BCUT2D eigenvalue weighted by Gasteiger charge is -2.13. The fourth-order valence-electron chi connectivity index (χ4n) is 0.376. The van der Waals surface area contributed by atoms with Crippen molar-refractivity contribution in [3.05, 3.63) is 0 Å². The zero-order valence-corrected chi connectivity index (χ0v) is 7.79. The Balaban J connectivity index is 0. The van der Waals surface area contributed by atoms with Crippen molar-refractivity contribution in [1.29, 1.82) is 0 Å². The molecule has 0 aliphatic heterocycles. The number of carboxylic acid groups (broad SMARTS) is 2. The Morgan fingerprint density at radius 3 is 1.64 bits per heavy atom. The fraction of sp³-hybridized carbons (Fsp3) is 0.833. The minimum atomic E-state index is -1.83. The van der Waals surface area contributed by atoms with Crippen molar-refractivity contribution < 1.29 is 34.9 Å². The van der Waals surface area contributed by atoms with Gasteiger partial charge in [0.2, 0.25) is 0 Å². The van der Waals surface area contributed by atoms with E-state index in [1.807, 2.05) is 0 Å². The molecule has 0 aromatic rings. The van der Waals surface area contributed by atoms with Gasteiger partial charge in [0.1, 0.15) is 0 Å². The molecule has 0 amide bonds. The molecule has 0 saturated carbocycles. The van der Waals surface area contributed by atoms with Crippen LogP contribution in [0.3, 0.4) is 0 Å². The van der Waals surface area contributed by atoms with Crippen LogP contribution < -0.4 is 0 Å². The number of hydrogen-bond acceptors (Lipinski definition) is 6. The summed E-state index contributed by atoms with van der Waals surface area (Å²) in [7, 11) is 1.55. The van der Waals surface area contributed by atoms with Crippen molar-refractivity contribution in [1.82, 2.24) is 5.23 Å². The van der Waals surface area contributed by atoms with Crippen molar-refractivity contribution in [2.24, 2.45) is 0 Å². The van der Waals surface area contributed by atoms with Crippen molar-refractivity contribution >= 4 is 6.16 Å². The molecule has 0 saturated heterocycles. The van der Waals surface area contributed by atoms with E-state index in [-0.39, 0.29) is 26.4 Å². The van der Waals surface area contributed by atoms with Crippen molar-refractivity contribution in [3.8, 4) is 0 Å². The Morgan fingerprint density at radius 1 is 1.14 bits per heavy atom. The number of hydrogen-bond donors (Lipinski definition) is 4. The topological polar surface area (TPSA) is 120 Å². The molecular formula is C6H15NO7. The van der Waals surface area contributed by atoms with E-state index in [4.69, 9.17) is 34.9 Å². The highest BCUT2D eigenvalue weighted by molar-refractivity contribution is 5.53. The molecule has 0 aliphatic carbocycles. The predicted octanol–water partition coefficient (Wildman–Crippen LogP) is -1.01. The molecule has 0 atom stereocenters. The summed E-state index contributed by atoms with van der Waals surface area (Å²) in [5, 5.41) is 31.6. The van der Waals surface area contributed by atoms with Crippen LogP contribution in [0.1, 0.15) is 0 Å². The van der Waals surface area contributed by atoms with Crippen LogP contribution in [-0.4, -0.2) is 65.3 Å². The van der Waals surface area contributed by atoms with E-state index in [0.29, 0.717) is 0 Å². The molecule has 0 rings (SSSR count). The number of nitrogens with zero attached hydrogens (tertiary/aromatic N) is 1. The van der Waals surface area contributed by atoms with Gasteiger partial charge in [-0.25, -0.2) is 4.79 Å². The minimum Gasteiger partial charge on any atom is -0.450 e. The van der Waals surface area contributed by atoms with Crippen molar-refractivity contribution in [2.45, 2.75) is 0 Å². The summed E-state index contributed by atoms with van der Waals surface area (Å²) in [5.41, 5.74) is 0. The summed E-state index contributed by atoms with van der Waals surface area (Å²) in [4.78, 5) is 18.0. The highest BCUT2D eigenvalue weighted by Crippen LogP contribution is 1.85. The molecular weight excluding hydrogens is 198 g/mol. The molecule has 8 heteroatoms. The molecule has 0 aliphatic rings. The molecule has 0 bridgehead atoms. The van der Waals surface area contributed by atoms with Gasteiger partial charge in [-0.05, 0) is 0 Å². The first kappa shape index (κ1) is 15.5. The predicted molar refractivity (Wildman–Crippen MR) is 44.5 cm³/mol. The SMILES string of the molecule is CN(OCCO)OCCO.O=C(O)O. The lowest BCUT2D eigenvalue weighted by atomic mass is 10.8. The van der Waals surface area contributed by atoms with Gasteiger partial charge in [-0.2, -0.15) is 0 Å². The van der Waals surface area contributed by atoms with Gasteiger partial charge >= 0.3 is 6.16 Å². The summed E-state index contributed by atoms with van der Waals surface area (Å²) in [6.45, 7) is 0.295. The van der Waals surface area contributed by atoms with Gasteiger partial charge in [0.05, 0.1) is 26.4 Å². The van der Waals surface area contributed by atoms with E-state index in [1.54, 1.807) is 7.05 Å². The number of rotatable bonds is 6. The van der Waals surface area contributed by atoms with E-state index in [1.165, 1.54) is 0 Å². The van der Waals surface area contributed by atoms with Gasteiger partial charge in [0.25, 0.3) is 0 Å². The summed E-state index contributed by atoms with van der Waals surface area (Å²) >= 11 is 0. The average Bonchev–Trinajstić information content (AvgIpc) is 2.10. The first-order valence-corrected chi connectivity index (χ1v) is 3.67. The zero-order chi connectivity index (χ0) is 11.4. The largest absolute Gasteiger partial charge is 0.503 e. The van der Waals surface area contributed by atoms with Crippen LogP contribution in [0.15, 0.2) is 0 Å². The van der Waals surface area contributed by atoms with Crippen molar-refractivity contribution in [3.63, 3.8) is 0 Å². The fourth-order valence-corrected chi connectivity index (χ4v) is 0.376. The van der Waals surface area contributed by atoms with Gasteiger partial charge < -0.3 is 20.4 Å². The molecule has 0 aromatic carbocycles. The van der Waals surface area contributed by atoms with Gasteiger partial charge in [-0.15, -0.1) is 0 Å². The molecule has 0 radical (unpaired) electrons. The van der Waals surface area contributed by atoms with Gasteiger partial charge in [-0.3, -0.25) is 9.68 Å². The van der Waals surface area contributed by atoms with Crippen LogP contribution in [-0.2, 0) is 9.68 Å². The monoisotopic (exact) mass is 213 g/mol. The van der Waals surface area contributed by atoms with E-state index in [0.717, 1.165) is 5.23 Å². The smallest absolute Gasteiger partial charge is 0.450 e. The molecule has 8 nitrogen and oxygen atoms in total. The molecule has 0 spiro atoms. The Hall–Kier alpha value is -0.930. The Kier molecular flexibility index (Phi) is 13.4. The molecule has 0 fully saturated rings. The average molecular weight is 213 g/mol. The Bertz CT molecular complexity index is 119. The van der Waals surface area contributed by atoms with Crippen LogP contribution in [0.4, 0.5) is 4.79 Å². The number of aliphatic hydroxyl groups is 2. The minimum absolute atomic E-state index is 0.0488. The Labute approximate surface area is 80.8 Å². The zero-order valence-electron chi connectivity index (χ0n) is 7.79. The quantitative estimate of drug-likeness (QED) is 0.414. The molecule has 4 N–H and O–H groups in total. The van der Waals surface area contributed by atoms with E-state index < -0.39 is 6.16 Å². The van der Waals surface area contributed by atoms with Crippen LogP contribution >= 0.6 is 0 Å². The second-order valence-electron chi connectivity index (χ2n) is 1.84. The standard InChI is InChI=1S/C5H13NO4.CH2O3/c1-6(9-4-2-7)10-5-3-8;2-1(3)4/h7-8H,2-5H2,1H3;(H2,2,3,4). The van der Waals surface area contributed by atoms with Crippen LogP contribution in [0, 0.1) is 0 Å². The highest BCUT2D eigenvalue weighted by atomic mass is 16.9. The van der Waals surface area contributed by atoms with Crippen LogP contribution in [0.2, 0.25) is 0 Å². The molecule has 0 aromatic heterocycles. The maximum absolute atomic E-state index is 8.56. The van der Waals surface area contributed by atoms with Gasteiger partial charge in [0, 0.05) is 7.05 Å². The van der Waals surface area contributed by atoms with Crippen LogP contribution in [0.25, 0.3) is 0 Å². The number of carbonyl (C=O) groups is 1. The Morgan fingerprint density at radius 2 is 1.43 bits per heavy atom. The van der Waals surface area contributed by atoms with Gasteiger partial charge in [-0.1, -0.05) is 5.23 Å². The van der Waals surface area contributed by atoms with E-state index in [9.17, 15) is 0 Å². The summed E-state index contributed by atoms with van der Waals surface area (Å²) in [5.74, 6) is 0. The third kappa shape index (κ3) is 22.5. The third-order valence-electron chi connectivity index (χ3n) is 0.729. The lowest BCUT2D eigenvalue weighted by Crippen LogP contribution is -2.22. The highest BCUT2D eigenvalue weighted by Gasteiger charge is 1.95. The van der Waals surface area contributed by atoms with Crippen LogP contribution in [0.5, 0.6) is 0 Å². The maximum Gasteiger partial charge on any atom is 0.503 e. The molecule has 0 heterocycles. The first-order valence-electron chi connectivity index (χ1n) is 3.67. The van der Waals surface area contributed by atoms with Crippen molar-refractivity contribution in [2.75, 3.05) is 33.5 Å². The lowest BCUT2D eigenvalue weighted by molar-refractivity contribution is -0.356. The van der Waals surface area contributed by atoms with Gasteiger partial charge in [0.15, 0.2) is 0 Å². The maximum atomic E-state index is 8.56. The normalized spacial score (nSPS) is 9.43. The molecule has 86 valence electrons. The second-order valence-corrected chi connectivity index (χ2v) is 1.84. The molecule has 0 unspecified atom stereocenters. The van der Waals surface area contributed by atoms with E-state index >= 15 is 0 Å².